The summed E-state index contributed by atoms with van der Waals surface area (Å²) in [6, 6.07) is 27.8. The Morgan fingerprint density at radius 1 is 0.743 bits per heavy atom. The first-order valence-electron chi connectivity index (χ1n) is 10.8. The molecular weight excluding hydrogens is 444 g/mol. The zero-order valence-electron chi connectivity index (χ0n) is 18.4. The van der Waals surface area contributed by atoms with Crippen LogP contribution in [-0.4, -0.2) is 26.6 Å². The van der Waals surface area contributed by atoms with Crippen molar-refractivity contribution in [3.8, 4) is 17.1 Å². The smallest absolute Gasteiger partial charge is 0.272 e. The standard InChI is InChI=1S/C26H20N6O3/c33-24(29-30-25(34)20-15-16-35-17-20)19-11-13-21(14-12-19)27-26-28-23(18-7-3-1-4-8-18)32(31-26)22-9-5-2-6-10-22/h1-17H,(H,27,31)(H,29,33)(H,30,34). The number of hydrogen-bond acceptors (Lipinski definition) is 6. The number of benzene rings is 3. The van der Waals surface area contributed by atoms with Gasteiger partial charge in [0, 0.05) is 16.8 Å². The Hall–Kier alpha value is -5.18. The summed E-state index contributed by atoms with van der Waals surface area (Å²) >= 11 is 0. The lowest BCUT2D eigenvalue weighted by Gasteiger charge is -2.07. The van der Waals surface area contributed by atoms with Crippen LogP contribution in [-0.2, 0) is 0 Å². The van der Waals surface area contributed by atoms with E-state index < -0.39 is 11.8 Å². The van der Waals surface area contributed by atoms with Gasteiger partial charge in [-0.2, -0.15) is 4.98 Å². The maximum atomic E-state index is 12.4. The Kier molecular flexibility index (Phi) is 6.03. The number of rotatable bonds is 6. The summed E-state index contributed by atoms with van der Waals surface area (Å²) in [5.74, 6) is 0.187. The number of carbonyl (C=O) groups is 2. The highest BCUT2D eigenvalue weighted by molar-refractivity contribution is 5.99. The van der Waals surface area contributed by atoms with Crippen molar-refractivity contribution in [1.29, 1.82) is 0 Å². The van der Waals surface area contributed by atoms with Crippen LogP contribution in [0.3, 0.4) is 0 Å². The van der Waals surface area contributed by atoms with Crippen molar-refractivity contribution in [3.63, 3.8) is 0 Å². The van der Waals surface area contributed by atoms with E-state index in [1.807, 2.05) is 60.7 Å². The van der Waals surface area contributed by atoms with E-state index in [9.17, 15) is 9.59 Å². The van der Waals surface area contributed by atoms with Crippen LogP contribution in [0.4, 0.5) is 11.6 Å². The van der Waals surface area contributed by atoms with Gasteiger partial charge in [0.05, 0.1) is 17.5 Å². The van der Waals surface area contributed by atoms with Crippen molar-refractivity contribution in [2.75, 3.05) is 5.32 Å². The van der Waals surface area contributed by atoms with E-state index >= 15 is 0 Å². The van der Waals surface area contributed by atoms with Crippen LogP contribution in [0.1, 0.15) is 20.7 Å². The number of nitrogens with one attached hydrogen (secondary N) is 3. The minimum atomic E-state index is -0.473. The van der Waals surface area contributed by atoms with Gasteiger partial charge in [-0.1, -0.05) is 48.5 Å². The number of para-hydroxylation sites is 1. The quantitative estimate of drug-likeness (QED) is 0.322. The highest BCUT2D eigenvalue weighted by Crippen LogP contribution is 2.24. The highest BCUT2D eigenvalue weighted by atomic mass is 16.3. The van der Waals surface area contributed by atoms with Crippen LogP contribution in [0, 0.1) is 0 Å². The Labute approximate surface area is 200 Å². The van der Waals surface area contributed by atoms with Crippen LogP contribution >= 0.6 is 0 Å². The SMILES string of the molecule is O=C(NNC(=O)c1ccoc1)c1ccc(Nc2nc(-c3ccccc3)n(-c3ccccc3)n2)cc1. The molecule has 2 amide bonds. The summed E-state index contributed by atoms with van der Waals surface area (Å²) in [6.45, 7) is 0. The maximum Gasteiger partial charge on any atom is 0.272 e. The average molecular weight is 464 g/mol. The lowest BCUT2D eigenvalue weighted by molar-refractivity contribution is 0.0846. The van der Waals surface area contributed by atoms with Crippen molar-refractivity contribution in [1.82, 2.24) is 25.6 Å². The van der Waals surface area contributed by atoms with Crippen molar-refractivity contribution in [2.45, 2.75) is 0 Å². The number of aromatic nitrogens is 3. The third-order valence-electron chi connectivity index (χ3n) is 5.12. The summed E-state index contributed by atoms with van der Waals surface area (Å²) in [7, 11) is 0. The van der Waals surface area contributed by atoms with Gasteiger partial charge < -0.3 is 9.73 Å². The number of carbonyl (C=O) groups excluding carboxylic acids is 2. The number of amides is 2. The van der Waals surface area contributed by atoms with Gasteiger partial charge in [-0.25, -0.2) is 4.68 Å². The molecule has 172 valence electrons. The van der Waals surface area contributed by atoms with Gasteiger partial charge in [-0.15, -0.1) is 5.10 Å². The van der Waals surface area contributed by atoms with Crippen LogP contribution in [0.5, 0.6) is 0 Å². The summed E-state index contributed by atoms with van der Waals surface area (Å²) < 4.78 is 6.64. The fourth-order valence-electron chi connectivity index (χ4n) is 3.37. The van der Waals surface area contributed by atoms with Gasteiger partial charge in [-0.3, -0.25) is 20.4 Å². The van der Waals surface area contributed by atoms with Gasteiger partial charge in [0.2, 0.25) is 5.95 Å². The topological polar surface area (TPSA) is 114 Å². The molecular formula is C26H20N6O3. The molecule has 0 saturated heterocycles. The molecule has 35 heavy (non-hydrogen) atoms. The zero-order chi connectivity index (χ0) is 24.0. The van der Waals surface area contributed by atoms with E-state index in [0.717, 1.165) is 11.3 Å². The second-order valence-corrected chi connectivity index (χ2v) is 7.50. The highest BCUT2D eigenvalue weighted by Gasteiger charge is 2.14. The predicted molar refractivity (Wildman–Crippen MR) is 130 cm³/mol. The van der Waals surface area contributed by atoms with Crippen molar-refractivity contribution < 1.29 is 14.0 Å². The monoisotopic (exact) mass is 464 g/mol. The minimum absolute atomic E-state index is 0.308. The van der Waals surface area contributed by atoms with E-state index in [-0.39, 0.29) is 0 Å². The van der Waals surface area contributed by atoms with E-state index in [1.165, 1.54) is 18.6 Å². The Morgan fingerprint density at radius 2 is 1.40 bits per heavy atom. The van der Waals surface area contributed by atoms with Crippen LogP contribution in [0.2, 0.25) is 0 Å². The molecule has 3 N–H and O–H groups in total. The first-order valence-corrected chi connectivity index (χ1v) is 10.8. The number of anilines is 2. The largest absolute Gasteiger partial charge is 0.472 e. The zero-order valence-corrected chi connectivity index (χ0v) is 18.4. The number of hydrogen-bond donors (Lipinski definition) is 3. The first kappa shape index (κ1) is 21.7. The van der Waals surface area contributed by atoms with E-state index in [0.29, 0.717) is 28.6 Å². The summed E-state index contributed by atoms with van der Waals surface area (Å²) in [4.78, 5) is 29.0. The molecule has 0 aliphatic heterocycles. The number of nitrogens with zero attached hydrogens (tertiary/aromatic N) is 3. The van der Waals surface area contributed by atoms with Gasteiger partial charge >= 0.3 is 0 Å². The van der Waals surface area contributed by atoms with Crippen molar-refractivity contribution in [3.05, 3.63) is 115 Å². The fraction of sp³-hybridized carbons (Fsp3) is 0. The molecule has 0 aliphatic rings. The molecule has 0 spiro atoms. The molecule has 9 nitrogen and oxygen atoms in total. The fourth-order valence-corrected chi connectivity index (χ4v) is 3.37. The predicted octanol–water partition coefficient (Wildman–Crippen LogP) is 4.35. The maximum absolute atomic E-state index is 12.4. The molecule has 0 aliphatic carbocycles. The molecule has 2 aromatic heterocycles. The van der Waals surface area contributed by atoms with E-state index in [4.69, 9.17) is 4.42 Å². The second-order valence-electron chi connectivity index (χ2n) is 7.50. The second kappa shape index (κ2) is 9.75. The van der Waals surface area contributed by atoms with Gasteiger partial charge in [0.1, 0.15) is 6.26 Å². The summed E-state index contributed by atoms with van der Waals surface area (Å²) in [5, 5.41) is 7.83. The molecule has 0 unspecified atom stereocenters. The molecule has 5 rings (SSSR count). The Bertz CT molecular complexity index is 1370. The number of furan rings is 1. The first-order chi connectivity index (χ1) is 17.2. The number of hydrazine groups is 1. The van der Waals surface area contributed by atoms with E-state index in [2.05, 4.69) is 26.3 Å². The van der Waals surface area contributed by atoms with Gasteiger partial charge in [-0.05, 0) is 42.5 Å². The van der Waals surface area contributed by atoms with Crippen molar-refractivity contribution in [2.24, 2.45) is 0 Å². The van der Waals surface area contributed by atoms with Crippen LogP contribution < -0.4 is 16.2 Å². The molecule has 3 aromatic carbocycles. The van der Waals surface area contributed by atoms with Gasteiger partial charge in [0.15, 0.2) is 5.82 Å². The summed E-state index contributed by atoms with van der Waals surface area (Å²) in [6.07, 6.45) is 2.67. The minimum Gasteiger partial charge on any atom is -0.472 e. The van der Waals surface area contributed by atoms with Gasteiger partial charge in [0.25, 0.3) is 11.8 Å². The molecule has 9 heteroatoms. The molecule has 5 aromatic rings. The molecule has 2 heterocycles. The summed E-state index contributed by atoms with van der Waals surface area (Å²) in [5.41, 5.74) is 7.91. The molecule has 0 bridgehead atoms. The normalized spacial score (nSPS) is 10.5. The molecule has 0 saturated carbocycles. The Morgan fingerprint density at radius 3 is 2.06 bits per heavy atom. The molecule has 0 fully saturated rings. The third kappa shape index (κ3) is 4.93. The lowest BCUT2D eigenvalue weighted by atomic mass is 10.2. The molecule has 0 atom stereocenters. The van der Waals surface area contributed by atoms with Crippen LogP contribution in [0.15, 0.2) is 108 Å². The third-order valence-corrected chi connectivity index (χ3v) is 5.12. The van der Waals surface area contributed by atoms with Crippen molar-refractivity contribution >= 4 is 23.5 Å². The lowest BCUT2D eigenvalue weighted by Crippen LogP contribution is -2.41. The molecule has 0 radical (unpaired) electrons. The average Bonchev–Trinajstić information content (AvgIpc) is 3.59. The Balaban J connectivity index is 1.31. The van der Waals surface area contributed by atoms with E-state index in [1.54, 1.807) is 28.9 Å². The van der Waals surface area contributed by atoms with Crippen LogP contribution in [0.25, 0.3) is 17.1 Å².